The lowest BCUT2D eigenvalue weighted by Gasteiger charge is -2.37. The van der Waals surface area contributed by atoms with Crippen LogP contribution in [0, 0.1) is 13.8 Å². The molecule has 4 rings (SSSR count). The highest BCUT2D eigenvalue weighted by Crippen LogP contribution is 2.33. The van der Waals surface area contributed by atoms with Crippen LogP contribution in [0.15, 0.2) is 54.2 Å². The Morgan fingerprint density at radius 3 is 2.07 bits per heavy atom. The van der Waals surface area contributed by atoms with Crippen molar-refractivity contribution in [1.82, 2.24) is 9.80 Å². The lowest BCUT2D eigenvalue weighted by molar-refractivity contribution is -0.137. The summed E-state index contributed by atoms with van der Waals surface area (Å²) < 4.78 is 0. The van der Waals surface area contributed by atoms with Gasteiger partial charge in [-0.25, -0.2) is 0 Å². The minimum absolute atomic E-state index is 0.168. The highest BCUT2D eigenvalue weighted by Gasteiger charge is 2.41. The van der Waals surface area contributed by atoms with Gasteiger partial charge in [0.15, 0.2) is 0 Å². The second-order valence-electron chi connectivity index (χ2n) is 7.69. The molecule has 0 unspecified atom stereocenters. The van der Waals surface area contributed by atoms with E-state index in [1.54, 1.807) is 0 Å². The third-order valence-electron chi connectivity index (χ3n) is 5.97. The average Bonchev–Trinajstić information content (AvgIpc) is 3.00. The fraction of sp³-hybridized carbons (Fsp3) is 0.333. The van der Waals surface area contributed by atoms with Crippen molar-refractivity contribution in [2.45, 2.75) is 20.8 Å². The van der Waals surface area contributed by atoms with E-state index in [-0.39, 0.29) is 11.8 Å². The molecule has 2 aromatic carbocycles. The number of aryl methyl sites for hydroxylation is 2. The maximum Gasteiger partial charge on any atom is 0.277 e. The van der Waals surface area contributed by atoms with E-state index in [4.69, 9.17) is 0 Å². The molecular formula is C24H27N3O2. The zero-order chi connectivity index (χ0) is 20.5. The summed E-state index contributed by atoms with van der Waals surface area (Å²) in [5.41, 5.74) is 5.44. The molecule has 0 radical (unpaired) electrons. The van der Waals surface area contributed by atoms with Crippen molar-refractivity contribution < 1.29 is 9.59 Å². The van der Waals surface area contributed by atoms with Crippen molar-refractivity contribution in [1.29, 1.82) is 0 Å². The van der Waals surface area contributed by atoms with Gasteiger partial charge < -0.3 is 9.80 Å². The van der Waals surface area contributed by atoms with Crippen LogP contribution >= 0.6 is 0 Å². The standard InChI is InChI=1S/C24H27N3O2/c1-4-27-23(28)21(19-11-10-17(2)18(3)16-19)22(24(27)29)26-14-12-25(13-15-26)20-8-6-5-7-9-20/h5-11,16H,4,12-15H2,1-3H3. The van der Waals surface area contributed by atoms with Gasteiger partial charge in [-0.1, -0.05) is 36.4 Å². The number of imide groups is 1. The molecule has 5 heteroatoms. The van der Waals surface area contributed by atoms with Crippen LogP contribution in [-0.2, 0) is 9.59 Å². The molecule has 2 heterocycles. The van der Waals surface area contributed by atoms with Gasteiger partial charge in [0, 0.05) is 38.4 Å². The Labute approximate surface area is 172 Å². The van der Waals surface area contributed by atoms with E-state index in [1.807, 2.05) is 50.2 Å². The van der Waals surface area contributed by atoms with Crippen molar-refractivity contribution in [3.63, 3.8) is 0 Å². The summed E-state index contributed by atoms with van der Waals surface area (Å²) >= 11 is 0. The van der Waals surface area contributed by atoms with Gasteiger partial charge in [0.2, 0.25) is 0 Å². The molecule has 0 bridgehead atoms. The second kappa shape index (κ2) is 7.74. The predicted molar refractivity (Wildman–Crippen MR) is 115 cm³/mol. The number of para-hydroxylation sites is 1. The first kappa shape index (κ1) is 19.2. The van der Waals surface area contributed by atoms with Gasteiger partial charge in [-0.15, -0.1) is 0 Å². The molecule has 0 spiro atoms. The number of carbonyl (C=O) groups is 2. The molecule has 0 N–H and O–H groups in total. The number of piperazine rings is 1. The maximum absolute atomic E-state index is 13.1. The van der Waals surface area contributed by atoms with Crippen LogP contribution < -0.4 is 4.90 Å². The molecule has 150 valence electrons. The first-order valence-corrected chi connectivity index (χ1v) is 10.2. The summed E-state index contributed by atoms with van der Waals surface area (Å²) in [6.45, 7) is 9.41. The summed E-state index contributed by atoms with van der Waals surface area (Å²) in [6.07, 6.45) is 0. The molecule has 0 saturated carbocycles. The van der Waals surface area contributed by atoms with Crippen LogP contribution in [0.4, 0.5) is 5.69 Å². The van der Waals surface area contributed by atoms with Crippen molar-refractivity contribution in [3.05, 3.63) is 70.9 Å². The normalized spacial score (nSPS) is 17.6. The number of hydrogen-bond donors (Lipinski definition) is 0. The molecular weight excluding hydrogens is 362 g/mol. The molecule has 2 aliphatic rings. The minimum atomic E-state index is -0.179. The summed E-state index contributed by atoms with van der Waals surface area (Å²) in [4.78, 5) is 32.0. The van der Waals surface area contributed by atoms with Gasteiger partial charge in [-0.2, -0.15) is 0 Å². The number of carbonyl (C=O) groups excluding carboxylic acids is 2. The molecule has 1 saturated heterocycles. The van der Waals surface area contributed by atoms with Crippen molar-refractivity contribution >= 4 is 23.1 Å². The predicted octanol–water partition coefficient (Wildman–Crippen LogP) is 3.23. The molecule has 0 atom stereocenters. The van der Waals surface area contributed by atoms with E-state index in [9.17, 15) is 9.59 Å². The van der Waals surface area contributed by atoms with E-state index in [0.717, 1.165) is 37.3 Å². The third kappa shape index (κ3) is 3.41. The zero-order valence-electron chi connectivity index (χ0n) is 17.3. The number of amides is 2. The second-order valence-corrected chi connectivity index (χ2v) is 7.69. The number of hydrogen-bond acceptors (Lipinski definition) is 4. The Balaban J connectivity index is 1.66. The van der Waals surface area contributed by atoms with E-state index >= 15 is 0 Å². The molecule has 2 amide bonds. The molecule has 2 aromatic rings. The quantitative estimate of drug-likeness (QED) is 0.753. The van der Waals surface area contributed by atoms with Crippen LogP contribution in [0.2, 0.25) is 0 Å². The maximum atomic E-state index is 13.1. The summed E-state index contributed by atoms with van der Waals surface area (Å²) in [5, 5.41) is 0. The Hall–Kier alpha value is -3.08. The largest absolute Gasteiger partial charge is 0.368 e. The smallest absolute Gasteiger partial charge is 0.277 e. The molecule has 5 nitrogen and oxygen atoms in total. The number of nitrogens with zero attached hydrogens (tertiary/aromatic N) is 3. The monoisotopic (exact) mass is 389 g/mol. The SMILES string of the molecule is CCN1C(=O)C(c2ccc(C)c(C)c2)=C(N2CCN(c3ccccc3)CC2)C1=O. The Kier molecular flexibility index (Phi) is 5.14. The first-order chi connectivity index (χ1) is 14.0. The van der Waals surface area contributed by atoms with Crippen LogP contribution in [-0.4, -0.2) is 54.3 Å². The number of benzene rings is 2. The van der Waals surface area contributed by atoms with Gasteiger partial charge in [0.05, 0.1) is 5.57 Å². The molecule has 2 aliphatic heterocycles. The van der Waals surface area contributed by atoms with E-state index in [2.05, 4.69) is 28.9 Å². The number of rotatable bonds is 4. The van der Waals surface area contributed by atoms with Crippen LogP contribution in [0.25, 0.3) is 5.57 Å². The third-order valence-corrected chi connectivity index (χ3v) is 5.97. The zero-order valence-corrected chi connectivity index (χ0v) is 17.3. The summed E-state index contributed by atoms with van der Waals surface area (Å²) in [5.74, 6) is -0.347. The molecule has 0 aliphatic carbocycles. The highest BCUT2D eigenvalue weighted by molar-refractivity contribution is 6.35. The summed E-state index contributed by atoms with van der Waals surface area (Å²) in [6, 6.07) is 16.3. The van der Waals surface area contributed by atoms with Crippen molar-refractivity contribution in [2.24, 2.45) is 0 Å². The first-order valence-electron chi connectivity index (χ1n) is 10.2. The molecule has 1 fully saturated rings. The lowest BCUT2D eigenvalue weighted by atomic mass is 9.99. The Bertz CT molecular complexity index is 973. The van der Waals surface area contributed by atoms with E-state index in [0.29, 0.717) is 17.8 Å². The number of anilines is 1. The van der Waals surface area contributed by atoms with Crippen LogP contribution in [0.5, 0.6) is 0 Å². The van der Waals surface area contributed by atoms with Gasteiger partial charge in [0.25, 0.3) is 11.8 Å². The van der Waals surface area contributed by atoms with E-state index < -0.39 is 0 Å². The molecule has 0 aromatic heterocycles. The topological polar surface area (TPSA) is 43.9 Å². The van der Waals surface area contributed by atoms with Crippen LogP contribution in [0.1, 0.15) is 23.6 Å². The van der Waals surface area contributed by atoms with Crippen LogP contribution in [0.3, 0.4) is 0 Å². The minimum Gasteiger partial charge on any atom is -0.368 e. The van der Waals surface area contributed by atoms with Gasteiger partial charge in [0.1, 0.15) is 5.70 Å². The summed E-state index contributed by atoms with van der Waals surface area (Å²) in [7, 11) is 0. The fourth-order valence-electron chi connectivity index (χ4n) is 4.13. The van der Waals surface area contributed by atoms with Gasteiger partial charge in [-0.05, 0) is 49.6 Å². The van der Waals surface area contributed by atoms with Gasteiger partial charge in [-0.3, -0.25) is 14.5 Å². The highest BCUT2D eigenvalue weighted by atomic mass is 16.2. The Morgan fingerprint density at radius 2 is 1.45 bits per heavy atom. The fourth-order valence-corrected chi connectivity index (χ4v) is 4.13. The van der Waals surface area contributed by atoms with Gasteiger partial charge >= 0.3 is 0 Å². The Morgan fingerprint density at radius 1 is 0.793 bits per heavy atom. The van der Waals surface area contributed by atoms with Crippen molar-refractivity contribution in [2.75, 3.05) is 37.6 Å². The lowest BCUT2D eigenvalue weighted by Crippen LogP contribution is -2.47. The number of likely N-dealkylation sites (N-methyl/N-ethyl adjacent to an activating group) is 1. The van der Waals surface area contributed by atoms with Crippen molar-refractivity contribution in [3.8, 4) is 0 Å². The average molecular weight is 389 g/mol. The molecule has 29 heavy (non-hydrogen) atoms. The van der Waals surface area contributed by atoms with E-state index in [1.165, 1.54) is 16.2 Å².